The predicted molar refractivity (Wildman–Crippen MR) is 79.7 cm³/mol. The van der Waals surface area contributed by atoms with Crippen molar-refractivity contribution in [3.05, 3.63) is 42.2 Å². The van der Waals surface area contributed by atoms with Crippen LogP contribution in [0.4, 0.5) is 4.39 Å². The normalized spacial score (nSPS) is 17.5. The van der Waals surface area contributed by atoms with Crippen molar-refractivity contribution in [2.24, 2.45) is 0 Å². The molecule has 0 aromatic heterocycles. The van der Waals surface area contributed by atoms with Gasteiger partial charge in [-0.2, -0.15) is 0 Å². The molecule has 0 radical (unpaired) electrons. The molecule has 0 unspecified atom stereocenters. The highest BCUT2D eigenvalue weighted by atomic mass is 19.1. The molecule has 1 saturated heterocycles. The lowest BCUT2D eigenvalue weighted by molar-refractivity contribution is 0.105. The van der Waals surface area contributed by atoms with Gasteiger partial charge in [-0.25, -0.2) is 4.39 Å². The number of nitrogens with zero attached hydrogens (tertiary/aromatic N) is 1. The summed E-state index contributed by atoms with van der Waals surface area (Å²) in [4.78, 5) is 2.43. The lowest BCUT2D eigenvalue weighted by Gasteiger charge is -2.31. The van der Waals surface area contributed by atoms with E-state index in [1.54, 1.807) is 12.1 Å². The second kappa shape index (κ2) is 5.80. The third-order valence-electron chi connectivity index (χ3n) is 4.10. The van der Waals surface area contributed by atoms with Crippen molar-refractivity contribution in [3.63, 3.8) is 0 Å². The molecule has 20 heavy (non-hydrogen) atoms. The van der Waals surface area contributed by atoms with Crippen LogP contribution in [-0.4, -0.2) is 30.6 Å². The Balaban J connectivity index is 1.80. The van der Waals surface area contributed by atoms with Crippen molar-refractivity contribution < 1.29 is 9.13 Å². The van der Waals surface area contributed by atoms with E-state index in [0.717, 1.165) is 43.6 Å². The molecule has 1 fully saturated rings. The number of likely N-dealkylation sites (tertiary alicyclic amines) is 1. The average Bonchev–Trinajstić information content (AvgIpc) is 2.49. The molecule has 1 heterocycles. The number of hydrogen-bond donors (Lipinski definition) is 0. The summed E-state index contributed by atoms with van der Waals surface area (Å²) in [6.07, 6.45) is 2.32. The fraction of sp³-hybridized carbons (Fsp3) is 0.412. The van der Waals surface area contributed by atoms with Crippen LogP contribution in [-0.2, 0) is 0 Å². The zero-order chi connectivity index (χ0) is 13.9. The van der Waals surface area contributed by atoms with Crippen molar-refractivity contribution in [1.82, 2.24) is 4.90 Å². The van der Waals surface area contributed by atoms with Crippen LogP contribution in [0.5, 0.6) is 5.75 Å². The van der Waals surface area contributed by atoms with Gasteiger partial charge in [-0.3, -0.25) is 0 Å². The van der Waals surface area contributed by atoms with Gasteiger partial charge < -0.3 is 9.64 Å². The van der Waals surface area contributed by atoms with Crippen LogP contribution in [0.1, 0.15) is 19.8 Å². The minimum atomic E-state index is -0.186. The van der Waals surface area contributed by atoms with Gasteiger partial charge in [0.15, 0.2) is 0 Å². The first kappa shape index (κ1) is 13.4. The topological polar surface area (TPSA) is 12.5 Å². The van der Waals surface area contributed by atoms with E-state index in [-0.39, 0.29) is 11.9 Å². The maximum atomic E-state index is 13.8. The molecule has 2 aromatic rings. The quantitative estimate of drug-likeness (QED) is 0.842. The first-order valence-corrected chi connectivity index (χ1v) is 7.34. The highest BCUT2D eigenvalue weighted by Crippen LogP contribution is 2.29. The molecule has 0 spiro atoms. The Morgan fingerprint density at radius 1 is 1.10 bits per heavy atom. The number of ether oxygens (including phenoxy) is 1. The molecule has 0 bridgehead atoms. The van der Waals surface area contributed by atoms with Crippen LogP contribution in [0, 0.1) is 5.82 Å². The maximum absolute atomic E-state index is 13.8. The van der Waals surface area contributed by atoms with Crippen LogP contribution < -0.4 is 4.74 Å². The van der Waals surface area contributed by atoms with E-state index in [0.29, 0.717) is 5.39 Å². The van der Waals surface area contributed by atoms with Gasteiger partial charge in [0, 0.05) is 23.9 Å². The summed E-state index contributed by atoms with van der Waals surface area (Å²) >= 11 is 0. The van der Waals surface area contributed by atoms with Crippen LogP contribution in [0.25, 0.3) is 10.8 Å². The van der Waals surface area contributed by atoms with E-state index in [4.69, 9.17) is 4.74 Å². The highest BCUT2D eigenvalue weighted by Gasteiger charge is 2.20. The molecular weight excluding hydrogens is 253 g/mol. The van der Waals surface area contributed by atoms with Crippen molar-refractivity contribution in [1.29, 1.82) is 0 Å². The smallest absolute Gasteiger partial charge is 0.131 e. The second-order valence-corrected chi connectivity index (χ2v) is 5.34. The fourth-order valence-electron chi connectivity index (χ4n) is 2.87. The Hall–Kier alpha value is -1.61. The lowest BCUT2D eigenvalue weighted by atomic mass is 10.1. The molecule has 0 atom stereocenters. The standard InChI is InChI=1S/C17H20FNO/c1-2-19-11-9-13(10-12-19)20-17-8-4-5-14-15(17)6-3-7-16(14)18/h3-8,13H,2,9-12H2,1H3. The van der Waals surface area contributed by atoms with Crippen molar-refractivity contribution in [2.75, 3.05) is 19.6 Å². The van der Waals surface area contributed by atoms with E-state index in [2.05, 4.69) is 11.8 Å². The van der Waals surface area contributed by atoms with Gasteiger partial charge in [0.1, 0.15) is 17.7 Å². The Morgan fingerprint density at radius 3 is 2.55 bits per heavy atom. The van der Waals surface area contributed by atoms with Crippen molar-refractivity contribution >= 4 is 10.8 Å². The molecule has 2 nitrogen and oxygen atoms in total. The predicted octanol–water partition coefficient (Wildman–Crippen LogP) is 3.84. The monoisotopic (exact) mass is 273 g/mol. The first-order chi connectivity index (χ1) is 9.78. The summed E-state index contributed by atoms with van der Waals surface area (Å²) in [5, 5.41) is 1.50. The van der Waals surface area contributed by atoms with Gasteiger partial charge >= 0.3 is 0 Å². The molecule has 106 valence electrons. The number of piperidine rings is 1. The summed E-state index contributed by atoms with van der Waals surface area (Å²) in [6.45, 7) is 5.46. The number of halogens is 1. The molecule has 2 aromatic carbocycles. The molecule has 0 amide bonds. The molecule has 3 rings (SSSR count). The van der Waals surface area contributed by atoms with Crippen LogP contribution in [0.2, 0.25) is 0 Å². The van der Waals surface area contributed by atoms with Gasteiger partial charge in [-0.1, -0.05) is 31.2 Å². The summed E-state index contributed by atoms with van der Waals surface area (Å²) in [7, 11) is 0. The summed E-state index contributed by atoms with van der Waals surface area (Å²) in [6, 6.07) is 10.8. The van der Waals surface area contributed by atoms with Crippen LogP contribution >= 0.6 is 0 Å². The van der Waals surface area contributed by atoms with Gasteiger partial charge in [0.2, 0.25) is 0 Å². The van der Waals surface area contributed by atoms with Gasteiger partial charge in [0.25, 0.3) is 0 Å². The Bertz CT molecular complexity index is 591. The lowest BCUT2D eigenvalue weighted by Crippen LogP contribution is -2.38. The zero-order valence-corrected chi connectivity index (χ0v) is 11.8. The molecular formula is C17H20FNO. The van der Waals surface area contributed by atoms with E-state index < -0.39 is 0 Å². The van der Waals surface area contributed by atoms with Crippen LogP contribution in [0.3, 0.4) is 0 Å². The molecule has 1 aliphatic heterocycles. The number of rotatable bonds is 3. The summed E-state index contributed by atoms with van der Waals surface area (Å²) in [5.41, 5.74) is 0. The molecule has 1 aliphatic rings. The molecule has 3 heteroatoms. The maximum Gasteiger partial charge on any atom is 0.131 e. The van der Waals surface area contributed by atoms with E-state index in [9.17, 15) is 4.39 Å². The third kappa shape index (κ3) is 2.63. The van der Waals surface area contributed by atoms with Crippen molar-refractivity contribution in [3.8, 4) is 5.75 Å². The van der Waals surface area contributed by atoms with E-state index >= 15 is 0 Å². The number of fused-ring (bicyclic) bond motifs is 1. The third-order valence-corrected chi connectivity index (χ3v) is 4.10. The van der Waals surface area contributed by atoms with Gasteiger partial charge in [0.05, 0.1) is 0 Å². The van der Waals surface area contributed by atoms with Crippen molar-refractivity contribution in [2.45, 2.75) is 25.9 Å². The molecule has 0 saturated carbocycles. The zero-order valence-electron chi connectivity index (χ0n) is 11.8. The van der Waals surface area contributed by atoms with Gasteiger partial charge in [-0.05, 0) is 31.5 Å². The van der Waals surface area contributed by atoms with E-state index in [1.165, 1.54) is 6.07 Å². The average molecular weight is 273 g/mol. The molecule has 0 N–H and O–H groups in total. The Kier molecular flexibility index (Phi) is 3.88. The minimum Gasteiger partial charge on any atom is -0.490 e. The number of hydrogen-bond acceptors (Lipinski definition) is 2. The Labute approximate surface area is 119 Å². The summed E-state index contributed by atoms with van der Waals surface area (Å²) < 4.78 is 19.9. The second-order valence-electron chi connectivity index (χ2n) is 5.34. The van der Waals surface area contributed by atoms with E-state index in [1.807, 2.05) is 18.2 Å². The minimum absolute atomic E-state index is 0.186. The highest BCUT2D eigenvalue weighted by molar-refractivity contribution is 5.88. The Morgan fingerprint density at radius 2 is 1.80 bits per heavy atom. The van der Waals surface area contributed by atoms with Crippen LogP contribution in [0.15, 0.2) is 36.4 Å². The SMILES string of the molecule is CCN1CCC(Oc2cccc3c(F)cccc23)CC1. The van der Waals surface area contributed by atoms with Gasteiger partial charge in [-0.15, -0.1) is 0 Å². The number of benzene rings is 2. The summed E-state index contributed by atoms with van der Waals surface area (Å²) in [5.74, 6) is 0.616. The largest absolute Gasteiger partial charge is 0.490 e. The first-order valence-electron chi connectivity index (χ1n) is 7.34. The molecule has 0 aliphatic carbocycles. The fourth-order valence-corrected chi connectivity index (χ4v) is 2.87.